The third-order valence-electron chi connectivity index (χ3n) is 2.26. The van der Waals surface area contributed by atoms with Crippen LogP contribution < -0.4 is 0 Å². The Kier molecular flexibility index (Phi) is 6.29. The van der Waals surface area contributed by atoms with Gasteiger partial charge in [0.05, 0.1) is 5.76 Å². The highest BCUT2D eigenvalue weighted by Crippen LogP contribution is 2.17. The van der Waals surface area contributed by atoms with Crippen LogP contribution in [-0.2, 0) is 4.79 Å². The molecule has 0 radical (unpaired) electrons. The number of hydrogen-bond acceptors (Lipinski definition) is 2. The second-order valence-corrected chi connectivity index (χ2v) is 3.55. The Morgan fingerprint density at radius 1 is 1.46 bits per heavy atom. The molecule has 0 spiro atoms. The monoisotopic (exact) mass is 184 g/mol. The molecule has 2 heteroatoms. The highest BCUT2D eigenvalue weighted by atomic mass is 16.3. The summed E-state index contributed by atoms with van der Waals surface area (Å²) in [5.74, 6) is 0.529. The second kappa shape index (κ2) is 6.70. The topological polar surface area (TPSA) is 37.3 Å². The molecule has 0 heterocycles. The van der Waals surface area contributed by atoms with E-state index >= 15 is 0 Å². The first-order chi connectivity index (χ1) is 6.07. The molecule has 0 amide bonds. The zero-order valence-electron chi connectivity index (χ0n) is 8.68. The largest absolute Gasteiger partial charge is 0.513 e. The molecule has 0 aromatic heterocycles. The summed E-state index contributed by atoms with van der Waals surface area (Å²) < 4.78 is 0. The predicted octanol–water partition coefficient (Wildman–Crippen LogP) is 3.23. The third-order valence-corrected chi connectivity index (χ3v) is 2.26. The van der Waals surface area contributed by atoms with Crippen LogP contribution in [0.3, 0.4) is 0 Å². The van der Waals surface area contributed by atoms with Gasteiger partial charge in [0.15, 0.2) is 0 Å². The number of rotatable bonds is 7. The van der Waals surface area contributed by atoms with E-state index in [9.17, 15) is 4.79 Å². The molecule has 1 N–H and O–H groups in total. The van der Waals surface area contributed by atoms with Crippen molar-refractivity contribution < 1.29 is 9.90 Å². The van der Waals surface area contributed by atoms with Crippen LogP contribution in [0.2, 0.25) is 0 Å². The van der Waals surface area contributed by atoms with Gasteiger partial charge in [-0.2, -0.15) is 0 Å². The van der Waals surface area contributed by atoms with Crippen LogP contribution in [0, 0.1) is 5.92 Å². The Morgan fingerprint density at radius 2 is 2.08 bits per heavy atom. The van der Waals surface area contributed by atoms with Crippen molar-refractivity contribution in [1.82, 2.24) is 0 Å². The van der Waals surface area contributed by atoms with Crippen molar-refractivity contribution >= 4 is 5.78 Å². The molecule has 0 bridgehead atoms. The van der Waals surface area contributed by atoms with Crippen molar-refractivity contribution in [1.29, 1.82) is 0 Å². The van der Waals surface area contributed by atoms with E-state index in [0.29, 0.717) is 6.42 Å². The van der Waals surface area contributed by atoms with Gasteiger partial charge in [0.1, 0.15) is 5.78 Å². The fraction of sp³-hybridized carbons (Fsp3) is 0.727. The number of unbranched alkanes of at least 4 members (excludes halogenated alkanes) is 1. The minimum atomic E-state index is 0.115. The lowest BCUT2D eigenvalue weighted by atomic mass is 9.93. The molecule has 1 unspecified atom stereocenters. The van der Waals surface area contributed by atoms with Crippen LogP contribution in [0.1, 0.15) is 46.0 Å². The molecule has 0 aliphatic carbocycles. The van der Waals surface area contributed by atoms with E-state index in [0.717, 1.165) is 25.7 Å². The summed E-state index contributed by atoms with van der Waals surface area (Å²) in [6, 6.07) is 0. The van der Waals surface area contributed by atoms with Gasteiger partial charge in [-0.25, -0.2) is 0 Å². The van der Waals surface area contributed by atoms with E-state index in [4.69, 9.17) is 5.11 Å². The summed E-state index contributed by atoms with van der Waals surface area (Å²) >= 11 is 0. The average Bonchev–Trinajstić information content (AvgIpc) is 2.03. The Hall–Kier alpha value is -0.790. The predicted molar refractivity (Wildman–Crippen MR) is 54.7 cm³/mol. The molecule has 0 aliphatic rings. The Bertz CT molecular complexity index is 173. The zero-order chi connectivity index (χ0) is 10.3. The van der Waals surface area contributed by atoms with Crippen molar-refractivity contribution in [2.24, 2.45) is 5.92 Å². The molecule has 0 rings (SSSR count). The first-order valence-electron chi connectivity index (χ1n) is 4.95. The third kappa shape index (κ3) is 6.38. The van der Waals surface area contributed by atoms with E-state index < -0.39 is 0 Å². The lowest BCUT2D eigenvalue weighted by molar-refractivity contribution is -0.121. The maximum Gasteiger partial charge on any atom is 0.132 e. The lowest BCUT2D eigenvalue weighted by Crippen LogP contribution is -2.11. The average molecular weight is 184 g/mol. The fourth-order valence-electron chi connectivity index (χ4n) is 1.34. The van der Waals surface area contributed by atoms with Crippen LogP contribution in [0.5, 0.6) is 0 Å². The maximum atomic E-state index is 11.2. The number of aliphatic hydroxyl groups excluding tert-OH is 1. The highest BCUT2D eigenvalue weighted by Gasteiger charge is 2.13. The molecule has 0 aromatic carbocycles. The molecule has 0 saturated carbocycles. The normalized spacial score (nSPS) is 12.5. The van der Waals surface area contributed by atoms with Gasteiger partial charge in [-0.15, -0.1) is 0 Å². The van der Waals surface area contributed by atoms with Crippen LogP contribution >= 0.6 is 0 Å². The van der Waals surface area contributed by atoms with Gasteiger partial charge in [0.25, 0.3) is 0 Å². The van der Waals surface area contributed by atoms with E-state index in [-0.39, 0.29) is 17.5 Å². The van der Waals surface area contributed by atoms with Gasteiger partial charge >= 0.3 is 0 Å². The van der Waals surface area contributed by atoms with Gasteiger partial charge in [-0.3, -0.25) is 4.79 Å². The summed E-state index contributed by atoms with van der Waals surface area (Å²) in [6.45, 7) is 7.15. The Morgan fingerprint density at radius 3 is 2.46 bits per heavy atom. The number of carbonyl (C=O) groups excluding carboxylic acids is 1. The second-order valence-electron chi connectivity index (χ2n) is 3.55. The van der Waals surface area contributed by atoms with Crippen molar-refractivity contribution in [2.75, 3.05) is 0 Å². The minimum Gasteiger partial charge on any atom is -0.513 e. The van der Waals surface area contributed by atoms with Gasteiger partial charge in [0.2, 0.25) is 0 Å². The summed E-state index contributed by atoms with van der Waals surface area (Å²) in [5.41, 5.74) is 0. The van der Waals surface area contributed by atoms with E-state index in [1.54, 1.807) is 6.92 Å². The summed E-state index contributed by atoms with van der Waals surface area (Å²) in [4.78, 5) is 11.2. The van der Waals surface area contributed by atoms with Crippen LogP contribution in [0.25, 0.3) is 0 Å². The molecular weight excluding hydrogens is 164 g/mol. The minimum absolute atomic E-state index is 0.115. The Balaban J connectivity index is 3.80. The summed E-state index contributed by atoms with van der Waals surface area (Å²) in [5, 5.41) is 8.90. The molecule has 0 aromatic rings. The molecule has 2 nitrogen and oxygen atoms in total. The summed E-state index contributed by atoms with van der Waals surface area (Å²) in [7, 11) is 0. The van der Waals surface area contributed by atoms with Crippen molar-refractivity contribution in [2.45, 2.75) is 46.0 Å². The fourth-order valence-corrected chi connectivity index (χ4v) is 1.34. The quantitative estimate of drug-likeness (QED) is 0.617. The van der Waals surface area contributed by atoms with E-state index in [1.807, 2.05) is 0 Å². The zero-order valence-corrected chi connectivity index (χ0v) is 8.68. The van der Waals surface area contributed by atoms with Gasteiger partial charge in [-0.1, -0.05) is 26.3 Å². The SMILES string of the molecule is C=C(O)CCC(CCCC)C(C)=O. The van der Waals surface area contributed by atoms with Gasteiger partial charge < -0.3 is 5.11 Å². The molecule has 0 fully saturated rings. The van der Waals surface area contributed by atoms with Crippen LogP contribution in [0.15, 0.2) is 12.3 Å². The molecular formula is C11H20O2. The standard InChI is InChI=1S/C11H20O2/c1-4-5-6-11(10(3)13)8-7-9(2)12/h11-12H,2,4-8H2,1,3H3. The van der Waals surface area contributed by atoms with E-state index in [2.05, 4.69) is 13.5 Å². The first-order valence-corrected chi connectivity index (χ1v) is 4.95. The molecule has 76 valence electrons. The van der Waals surface area contributed by atoms with Crippen molar-refractivity contribution in [3.05, 3.63) is 12.3 Å². The first kappa shape index (κ1) is 12.2. The number of allylic oxidation sites excluding steroid dienone is 1. The summed E-state index contributed by atoms with van der Waals surface area (Å²) in [6.07, 6.45) is 4.43. The Labute approximate surface area is 80.7 Å². The molecule has 0 saturated heterocycles. The molecule has 1 atom stereocenters. The number of Topliss-reactive ketones (excluding diaryl/α,β-unsaturated/α-hetero) is 1. The van der Waals surface area contributed by atoms with E-state index in [1.165, 1.54) is 0 Å². The highest BCUT2D eigenvalue weighted by molar-refractivity contribution is 5.78. The van der Waals surface area contributed by atoms with Gasteiger partial charge in [0, 0.05) is 12.3 Å². The number of hydrogen-bond donors (Lipinski definition) is 1. The van der Waals surface area contributed by atoms with Gasteiger partial charge in [-0.05, 0) is 19.8 Å². The number of aliphatic hydroxyl groups is 1. The lowest BCUT2D eigenvalue weighted by Gasteiger charge is -2.12. The molecule has 0 aliphatic heterocycles. The van der Waals surface area contributed by atoms with Crippen molar-refractivity contribution in [3.63, 3.8) is 0 Å². The smallest absolute Gasteiger partial charge is 0.132 e. The van der Waals surface area contributed by atoms with Crippen LogP contribution in [-0.4, -0.2) is 10.9 Å². The number of ketones is 1. The maximum absolute atomic E-state index is 11.2. The number of carbonyl (C=O) groups is 1. The molecule has 13 heavy (non-hydrogen) atoms. The van der Waals surface area contributed by atoms with Crippen molar-refractivity contribution in [3.8, 4) is 0 Å². The van der Waals surface area contributed by atoms with Crippen LogP contribution in [0.4, 0.5) is 0 Å².